The molecule has 0 spiro atoms. The topological polar surface area (TPSA) is 165 Å². The van der Waals surface area contributed by atoms with Gasteiger partial charge in [-0.15, -0.1) is 0 Å². The van der Waals surface area contributed by atoms with E-state index in [9.17, 15) is 34.8 Å². The summed E-state index contributed by atoms with van der Waals surface area (Å²) in [5.41, 5.74) is 4.01. The van der Waals surface area contributed by atoms with E-state index in [0.717, 1.165) is 5.56 Å². The zero-order valence-corrected chi connectivity index (χ0v) is 23.8. The van der Waals surface area contributed by atoms with Crippen molar-refractivity contribution in [2.24, 2.45) is 17.6 Å². The number of phenols is 1. The molecule has 0 aliphatic heterocycles. The molecule has 0 radical (unpaired) electrons. The highest BCUT2D eigenvalue weighted by Crippen LogP contribution is 2.53. The van der Waals surface area contributed by atoms with Gasteiger partial charge in [-0.3, -0.25) is 19.3 Å². The van der Waals surface area contributed by atoms with E-state index in [1.165, 1.54) is 4.90 Å². The number of likely N-dealkylation sites (N-methyl/N-ethyl adjacent to an activating group) is 1. The summed E-state index contributed by atoms with van der Waals surface area (Å²) in [6, 6.07) is 10.2. The number of primary amides is 1. The molecule has 4 atom stereocenters. The van der Waals surface area contributed by atoms with E-state index in [1.54, 1.807) is 34.3 Å². The fourth-order valence-corrected chi connectivity index (χ4v) is 6.63. The summed E-state index contributed by atoms with van der Waals surface area (Å²) in [6.45, 7) is 0. The van der Waals surface area contributed by atoms with Crippen LogP contribution < -0.4 is 10.6 Å². The van der Waals surface area contributed by atoms with Crippen molar-refractivity contribution in [2.75, 3.05) is 33.1 Å². The third-order valence-electron chi connectivity index (χ3n) is 8.54. The number of aliphatic hydroxyl groups is 3. The van der Waals surface area contributed by atoms with Crippen LogP contribution in [-0.4, -0.2) is 82.6 Å². The smallest absolute Gasteiger partial charge is 0.255 e. The Kier molecular flexibility index (Phi) is 7.13. The molecule has 0 heterocycles. The van der Waals surface area contributed by atoms with Crippen molar-refractivity contribution in [1.29, 1.82) is 0 Å². The minimum absolute atomic E-state index is 0.0258. The van der Waals surface area contributed by atoms with Gasteiger partial charge in [-0.2, -0.15) is 0 Å². The van der Waals surface area contributed by atoms with Crippen molar-refractivity contribution in [3.8, 4) is 17.6 Å². The van der Waals surface area contributed by atoms with Gasteiger partial charge >= 0.3 is 0 Å². The Labute approximate surface area is 243 Å². The minimum Gasteiger partial charge on any atom is -0.510 e. The van der Waals surface area contributed by atoms with Gasteiger partial charge in [-0.1, -0.05) is 42.2 Å². The van der Waals surface area contributed by atoms with Crippen molar-refractivity contribution >= 4 is 23.2 Å². The third kappa shape index (κ3) is 4.24. The molecule has 5 rings (SSSR count). The molecule has 0 saturated heterocycles. The second-order valence-electron chi connectivity index (χ2n) is 11.5. The third-order valence-corrected chi connectivity index (χ3v) is 8.54. The number of nitrogens with zero attached hydrogens (tertiary/aromatic N) is 2. The molecule has 0 bridgehead atoms. The Bertz CT molecular complexity index is 1650. The molecule has 42 heavy (non-hydrogen) atoms. The molecule has 3 aliphatic carbocycles. The second kappa shape index (κ2) is 10.4. The lowest BCUT2D eigenvalue weighted by Gasteiger charge is -2.50. The lowest BCUT2D eigenvalue weighted by molar-refractivity contribution is -0.148. The maximum Gasteiger partial charge on any atom is 0.255 e. The lowest BCUT2D eigenvalue weighted by atomic mass is 9.58. The standard InChI is InChI=1S/C32H33N3O7/c1-34(2)21-15-17(12-8-11-16-9-6-5-7-10-16)26(36)23-19(21)13-18-14-20-25(35(3)4)28(38)24(31(33)41)30(40)32(20,42)29(39)22(18)27(23)37/h5-7,9-10,15,18,20,25,36,38-39,42H,11,13-14H2,1-4H3,(H2,33,41)/t18-,20-,25-,32-/m0/s1. The summed E-state index contributed by atoms with van der Waals surface area (Å²) >= 11 is 0. The number of anilines is 1. The van der Waals surface area contributed by atoms with Crippen molar-refractivity contribution in [2.45, 2.75) is 30.9 Å². The number of benzene rings is 2. The molecule has 6 N–H and O–H groups in total. The van der Waals surface area contributed by atoms with Crippen LogP contribution in [0.4, 0.5) is 5.69 Å². The van der Waals surface area contributed by atoms with Gasteiger partial charge in [0.1, 0.15) is 22.8 Å². The van der Waals surface area contributed by atoms with Gasteiger partial charge in [0, 0.05) is 37.7 Å². The molecule has 2 aromatic rings. The van der Waals surface area contributed by atoms with E-state index < -0.39 is 58.0 Å². The number of Topliss-reactive ketones (excluding diaryl/α,β-unsaturated/α-hetero) is 2. The number of amides is 1. The number of aliphatic hydroxyl groups excluding tert-OH is 2. The van der Waals surface area contributed by atoms with Crippen molar-refractivity contribution in [3.05, 3.63) is 81.3 Å². The van der Waals surface area contributed by atoms with Crippen molar-refractivity contribution < 1.29 is 34.8 Å². The van der Waals surface area contributed by atoms with E-state index >= 15 is 0 Å². The molecule has 1 amide bonds. The summed E-state index contributed by atoms with van der Waals surface area (Å²) in [5.74, 6) is -0.860. The maximum atomic E-state index is 14.1. The number of carbonyl (C=O) groups excluding carboxylic acids is 3. The van der Waals surface area contributed by atoms with Crippen LogP contribution in [0.25, 0.3) is 0 Å². The summed E-state index contributed by atoms with van der Waals surface area (Å²) < 4.78 is 0. The van der Waals surface area contributed by atoms with E-state index in [-0.39, 0.29) is 35.3 Å². The molecule has 10 heteroatoms. The average molecular weight is 572 g/mol. The van der Waals surface area contributed by atoms with Crippen molar-refractivity contribution in [3.63, 3.8) is 0 Å². The van der Waals surface area contributed by atoms with Gasteiger partial charge in [-0.05, 0) is 50.0 Å². The van der Waals surface area contributed by atoms with Gasteiger partial charge in [0.25, 0.3) is 5.91 Å². The number of hydrogen-bond acceptors (Lipinski definition) is 9. The fourth-order valence-electron chi connectivity index (χ4n) is 6.63. The molecule has 0 unspecified atom stereocenters. The predicted molar refractivity (Wildman–Crippen MR) is 155 cm³/mol. The second-order valence-corrected chi connectivity index (χ2v) is 11.5. The number of fused-ring (bicyclic) bond motifs is 3. The van der Waals surface area contributed by atoms with Crippen LogP contribution in [0.5, 0.6) is 5.75 Å². The quantitative estimate of drug-likeness (QED) is 0.272. The average Bonchev–Trinajstić information content (AvgIpc) is 2.92. The molecular formula is C32H33N3O7. The van der Waals surface area contributed by atoms with Crippen LogP contribution in [0.1, 0.15) is 33.5 Å². The Morgan fingerprint density at radius 3 is 2.36 bits per heavy atom. The first kappa shape index (κ1) is 28.9. The molecule has 0 saturated carbocycles. The summed E-state index contributed by atoms with van der Waals surface area (Å²) in [6.07, 6.45) is 0.647. The van der Waals surface area contributed by atoms with Crippen LogP contribution in [-0.2, 0) is 22.4 Å². The number of carbonyl (C=O) groups is 3. The number of nitrogens with two attached hydrogens (primary N) is 1. The summed E-state index contributed by atoms with van der Waals surface area (Å²) in [4.78, 5) is 43.1. The number of hydrogen-bond donors (Lipinski definition) is 5. The van der Waals surface area contributed by atoms with E-state index in [0.29, 0.717) is 17.7 Å². The molecule has 0 fully saturated rings. The zero-order chi connectivity index (χ0) is 30.7. The number of aromatic hydroxyl groups is 1. The molecule has 2 aromatic carbocycles. The largest absolute Gasteiger partial charge is 0.510 e. The minimum atomic E-state index is -2.68. The van der Waals surface area contributed by atoms with Gasteiger partial charge < -0.3 is 31.1 Å². The van der Waals surface area contributed by atoms with Gasteiger partial charge in [0.15, 0.2) is 11.4 Å². The highest BCUT2D eigenvalue weighted by atomic mass is 16.3. The summed E-state index contributed by atoms with van der Waals surface area (Å²) in [7, 11) is 6.79. The van der Waals surface area contributed by atoms with E-state index in [2.05, 4.69) is 11.8 Å². The van der Waals surface area contributed by atoms with Gasteiger partial charge in [0.05, 0.1) is 17.2 Å². The highest BCUT2D eigenvalue weighted by molar-refractivity contribution is 6.25. The Hall–Kier alpha value is -4.59. The van der Waals surface area contributed by atoms with Crippen LogP contribution in [0.2, 0.25) is 0 Å². The Morgan fingerprint density at radius 2 is 1.76 bits per heavy atom. The molecule has 0 aromatic heterocycles. The lowest BCUT2D eigenvalue weighted by Crippen LogP contribution is -2.63. The van der Waals surface area contributed by atoms with E-state index in [4.69, 9.17) is 5.73 Å². The Morgan fingerprint density at radius 1 is 1.10 bits per heavy atom. The number of ketones is 2. The number of rotatable bonds is 4. The van der Waals surface area contributed by atoms with Gasteiger partial charge in [0.2, 0.25) is 5.78 Å². The molecular weight excluding hydrogens is 538 g/mol. The highest BCUT2D eigenvalue weighted by Gasteiger charge is 2.63. The fraction of sp³-hybridized carbons (Fsp3) is 0.344. The van der Waals surface area contributed by atoms with Crippen LogP contribution in [0, 0.1) is 23.7 Å². The van der Waals surface area contributed by atoms with Crippen LogP contribution >= 0.6 is 0 Å². The van der Waals surface area contributed by atoms with Crippen molar-refractivity contribution in [1.82, 2.24) is 4.90 Å². The first-order chi connectivity index (χ1) is 19.8. The molecule has 3 aliphatic rings. The maximum absolute atomic E-state index is 14.1. The van der Waals surface area contributed by atoms with Crippen LogP contribution in [0.3, 0.4) is 0 Å². The summed E-state index contributed by atoms with van der Waals surface area (Å²) in [5, 5.41) is 45.5. The number of allylic oxidation sites excluding steroid dienone is 1. The van der Waals surface area contributed by atoms with Crippen LogP contribution in [0.15, 0.2) is 59.1 Å². The predicted octanol–water partition coefficient (Wildman–Crippen LogP) is 1.78. The monoisotopic (exact) mass is 571 g/mol. The first-order valence-electron chi connectivity index (χ1n) is 13.5. The number of phenolic OH excluding ortho intramolecular Hbond substituents is 1. The first-order valence-corrected chi connectivity index (χ1v) is 13.5. The molecule has 218 valence electrons. The normalized spacial score (nSPS) is 25.0. The van der Waals surface area contributed by atoms with E-state index in [1.807, 2.05) is 35.2 Å². The van der Waals surface area contributed by atoms with Gasteiger partial charge in [-0.25, -0.2) is 0 Å². The Balaban J connectivity index is 1.67. The molecule has 10 nitrogen and oxygen atoms in total. The SMILES string of the molecule is CN(C)c1cc(C#CCc2ccccc2)c(O)c2c1C[C@H]1C[C@H]3[C@H](N(C)C)C(O)=C(C(N)=O)C(=O)[C@@]3(O)C(O)=C1C2=O. The zero-order valence-electron chi connectivity index (χ0n) is 23.8.